The van der Waals surface area contributed by atoms with Crippen LogP contribution in [0.4, 0.5) is 0 Å². The maximum Gasteiger partial charge on any atom is 0.255 e. The number of hydrogen-bond acceptors (Lipinski definition) is 4. The van der Waals surface area contributed by atoms with Gasteiger partial charge in [-0.05, 0) is 50.1 Å². The highest BCUT2D eigenvalue weighted by Crippen LogP contribution is 2.22. The normalized spacial score (nSPS) is 16.6. The zero-order valence-corrected chi connectivity index (χ0v) is 15.7. The van der Waals surface area contributed by atoms with Gasteiger partial charge in [-0.15, -0.1) is 0 Å². The van der Waals surface area contributed by atoms with Crippen LogP contribution in [-0.4, -0.2) is 41.6 Å². The molecule has 1 aliphatic rings. The van der Waals surface area contributed by atoms with Crippen LogP contribution in [0, 0.1) is 0 Å². The Morgan fingerprint density at radius 3 is 2.72 bits per heavy atom. The van der Waals surface area contributed by atoms with Gasteiger partial charge in [0, 0.05) is 36.4 Å². The second-order valence-corrected chi connectivity index (χ2v) is 6.84. The largest absolute Gasteiger partial charge is 0.439 e. The van der Waals surface area contributed by atoms with Crippen molar-refractivity contribution in [3.05, 3.63) is 52.6 Å². The van der Waals surface area contributed by atoms with Crippen molar-refractivity contribution in [3.63, 3.8) is 0 Å². The van der Waals surface area contributed by atoms with Crippen molar-refractivity contribution in [1.29, 1.82) is 0 Å². The quantitative estimate of drug-likeness (QED) is 0.720. The minimum atomic E-state index is -0.0271. The third kappa shape index (κ3) is 4.80. The maximum absolute atomic E-state index is 12.7. The molecule has 1 atom stereocenters. The van der Waals surface area contributed by atoms with Gasteiger partial charge in [0.1, 0.15) is 5.75 Å². The van der Waals surface area contributed by atoms with E-state index >= 15 is 0 Å². The number of benzene rings is 1. The van der Waals surface area contributed by atoms with E-state index in [0.29, 0.717) is 30.3 Å². The lowest BCUT2D eigenvalue weighted by molar-refractivity contribution is 0.0539. The van der Waals surface area contributed by atoms with Crippen LogP contribution in [-0.2, 0) is 4.74 Å². The van der Waals surface area contributed by atoms with Crippen LogP contribution in [0.3, 0.4) is 0 Å². The van der Waals surface area contributed by atoms with E-state index in [4.69, 9.17) is 9.47 Å². The molecule has 3 rings (SSSR count). The minimum absolute atomic E-state index is 0.0271. The van der Waals surface area contributed by atoms with Crippen molar-refractivity contribution in [2.24, 2.45) is 0 Å². The molecule has 1 fully saturated rings. The molecule has 0 aliphatic carbocycles. The van der Waals surface area contributed by atoms with Gasteiger partial charge in [-0.2, -0.15) is 0 Å². The van der Waals surface area contributed by atoms with E-state index in [0.717, 1.165) is 23.9 Å². The summed E-state index contributed by atoms with van der Waals surface area (Å²) in [6.45, 7) is 4.05. The van der Waals surface area contributed by atoms with Crippen molar-refractivity contribution >= 4 is 21.8 Å². The number of carbonyl (C=O) groups is 1. The lowest BCUT2D eigenvalue weighted by Gasteiger charge is -2.24. The first-order chi connectivity index (χ1) is 12.2. The highest BCUT2D eigenvalue weighted by atomic mass is 79.9. The zero-order valence-electron chi connectivity index (χ0n) is 14.2. The first-order valence-corrected chi connectivity index (χ1v) is 9.25. The van der Waals surface area contributed by atoms with Crippen molar-refractivity contribution in [2.45, 2.75) is 25.9 Å². The fourth-order valence-corrected chi connectivity index (χ4v) is 3.03. The predicted octanol–water partition coefficient (Wildman–Crippen LogP) is 4.28. The molecule has 132 valence electrons. The molecular formula is C19H21BrN2O3. The molecule has 25 heavy (non-hydrogen) atoms. The second kappa shape index (κ2) is 8.45. The average molecular weight is 405 g/mol. The highest BCUT2D eigenvalue weighted by molar-refractivity contribution is 9.10. The Kier molecular flexibility index (Phi) is 6.04. The summed E-state index contributed by atoms with van der Waals surface area (Å²) >= 11 is 3.39. The molecule has 0 bridgehead atoms. The number of rotatable bonds is 6. The number of hydrogen-bond donors (Lipinski definition) is 0. The molecule has 0 radical (unpaired) electrons. The Labute approximate surface area is 156 Å². The Morgan fingerprint density at radius 1 is 1.32 bits per heavy atom. The standard InChI is InChI=1S/C19H21BrN2O3/c1-2-22(13-17-4-3-11-24-17)19(23)14-5-10-18(21-12-14)25-16-8-6-15(20)7-9-16/h5-10,12,17H,2-4,11,13H2,1H3. The van der Waals surface area contributed by atoms with Gasteiger partial charge < -0.3 is 14.4 Å². The maximum atomic E-state index is 12.7. The predicted molar refractivity (Wildman–Crippen MR) is 99.0 cm³/mol. The van der Waals surface area contributed by atoms with E-state index in [9.17, 15) is 4.79 Å². The highest BCUT2D eigenvalue weighted by Gasteiger charge is 2.22. The fraction of sp³-hybridized carbons (Fsp3) is 0.368. The van der Waals surface area contributed by atoms with E-state index in [2.05, 4.69) is 20.9 Å². The van der Waals surface area contributed by atoms with Crippen molar-refractivity contribution in [3.8, 4) is 11.6 Å². The van der Waals surface area contributed by atoms with Gasteiger partial charge in [0.15, 0.2) is 0 Å². The second-order valence-electron chi connectivity index (χ2n) is 5.92. The molecule has 0 saturated carbocycles. The number of pyridine rings is 1. The molecule has 1 saturated heterocycles. The Morgan fingerprint density at radius 2 is 2.12 bits per heavy atom. The molecule has 5 nitrogen and oxygen atoms in total. The summed E-state index contributed by atoms with van der Waals surface area (Å²) in [5.41, 5.74) is 0.558. The van der Waals surface area contributed by atoms with Gasteiger partial charge in [0.2, 0.25) is 5.88 Å². The summed E-state index contributed by atoms with van der Waals surface area (Å²) in [5.74, 6) is 1.13. The van der Waals surface area contributed by atoms with Crippen LogP contribution in [0.5, 0.6) is 11.6 Å². The molecule has 2 aromatic rings. The third-order valence-electron chi connectivity index (χ3n) is 4.14. The van der Waals surface area contributed by atoms with Crippen LogP contribution in [0.1, 0.15) is 30.1 Å². The van der Waals surface area contributed by atoms with Crippen molar-refractivity contribution in [2.75, 3.05) is 19.7 Å². The van der Waals surface area contributed by atoms with E-state index in [1.807, 2.05) is 36.1 Å². The number of aromatic nitrogens is 1. The van der Waals surface area contributed by atoms with Crippen LogP contribution in [0.25, 0.3) is 0 Å². The van der Waals surface area contributed by atoms with Gasteiger partial charge in [-0.25, -0.2) is 4.98 Å². The number of amides is 1. The zero-order chi connectivity index (χ0) is 17.6. The van der Waals surface area contributed by atoms with Crippen LogP contribution < -0.4 is 4.74 Å². The number of likely N-dealkylation sites (N-methyl/N-ethyl adjacent to an activating group) is 1. The Hall–Kier alpha value is -1.92. The monoisotopic (exact) mass is 404 g/mol. The van der Waals surface area contributed by atoms with E-state index in [1.165, 1.54) is 0 Å². The molecule has 1 aliphatic heterocycles. The lowest BCUT2D eigenvalue weighted by Crippen LogP contribution is -2.37. The molecule has 1 aromatic carbocycles. The number of nitrogens with zero attached hydrogens (tertiary/aromatic N) is 2. The van der Waals surface area contributed by atoms with Gasteiger partial charge in [-0.3, -0.25) is 4.79 Å². The van der Waals surface area contributed by atoms with Crippen LogP contribution in [0.2, 0.25) is 0 Å². The lowest BCUT2D eigenvalue weighted by atomic mass is 10.2. The van der Waals surface area contributed by atoms with Gasteiger partial charge >= 0.3 is 0 Å². The van der Waals surface area contributed by atoms with E-state index in [1.54, 1.807) is 18.3 Å². The van der Waals surface area contributed by atoms with Crippen molar-refractivity contribution < 1.29 is 14.3 Å². The summed E-state index contributed by atoms with van der Waals surface area (Å²) in [4.78, 5) is 18.7. The number of ether oxygens (including phenoxy) is 2. The minimum Gasteiger partial charge on any atom is -0.439 e. The molecule has 1 amide bonds. The number of halogens is 1. The molecule has 0 spiro atoms. The smallest absolute Gasteiger partial charge is 0.255 e. The Bertz CT molecular complexity index is 698. The molecule has 0 N–H and O–H groups in total. The first-order valence-electron chi connectivity index (χ1n) is 8.46. The van der Waals surface area contributed by atoms with Crippen LogP contribution >= 0.6 is 15.9 Å². The molecular weight excluding hydrogens is 384 g/mol. The summed E-state index contributed by atoms with van der Waals surface area (Å²) < 4.78 is 12.3. The van der Waals surface area contributed by atoms with Gasteiger partial charge in [0.25, 0.3) is 5.91 Å². The molecule has 2 heterocycles. The van der Waals surface area contributed by atoms with Crippen molar-refractivity contribution in [1.82, 2.24) is 9.88 Å². The summed E-state index contributed by atoms with van der Waals surface area (Å²) in [6, 6.07) is 11.0. The summed E-state index contributed by atoms with van der Waals surface area (Å²) in [5, 5.41) is 0. The topological polar surface area (TPSA) is 51.7 Å². The molecule has 1 unspecified atom stereocenters. The van der Waals surface area contributed by atoms with Crippen LogP contribution in [0.15, 0.2) is 47.1 Å². The molecule has 6 heteroatoms. The third-order valence-corrected chi connectivity index (χ3v) is 4.66. The average Bonchev–Trinajstić information content (AvgIpc) is 3.15. The summed E-state index contributed by atoms with van der Waals surface area (Å²) in [7, 11) is 0. The number of carbonyl (C=O) groups excluding carboxylic acids is 1. The van der Waals surface area contributed by atoms with E-state index < -0.39 is 0 Å². The molecule has 1 aromatic heterocycles. The SMILES string of the molecule is CCN(CC1CCCO1)C(=O)c1ccc(Oc2ccc(Br)cc2)nc1. The van der Waals surface area contributed by atoms with Gasteiger partial charge in [-0.1, -0.05) is 15.9 Å². The summed E-state index contributed by atoms with van der Waals surface area (Å²) in [6.07, 6.45) is 3.80. The van der Waals surface area contributed by atoms with Gasteiger partial charge in [0.05, 0.1) is 11.7 Å². The first kappa shape index (κ1) is 17.9. The fourth-order valence-electron chi connectivity index (χ4n) is 2.76. The van der Waals surface area contributed by atoms with E-state index in [-0.39, 0.29) is 12.0 Å². The Balaban J connectivity index is 1.63.